The summed E-state index contributed by atoms with van der Waals surface area (Å²) in [5.74, 6) is -3.33. The predicted molar refractivity (Wildman–Crippen MR) is 62.4 cm³/mol. The molecule has 2 N–H and O–H groups in total. The van der Waals surface area contributed by atoms with Crippen molar-refractivity contribution in [2.45, 2.75) is 0 Å². The molecule has 0 unspecified atom stereocenters. The Morgan fingerprint density at radius 1 is 1.35 bits per heavy atom. The molecule has 0 bridgehead atoms. The minimum atomic E-state index is -1.27. The fourth-order valence-corrected chi connectivity index (χ4v) is 1.29. The zero-order valence-corrected chi connectivity index (χ0v) is 9.84. The molecular formula is C10H11F3N2OS. The van der Waals surface area contributed by atoms with Gasteiger partial charge in [-0.3, -0.25) is 0 Å². The maximum atomic E-state index is 13.2. The summed E-state index contributed by atoms with van der Waals surface area (Å²) in [5.41, 5.74) is -0.350. The van der Waals surface area contributed by atoms with E-state index in [9.17, 15) is 13.2 Å². The Morgan fingerprint density at radius 3 is 2.71 bits per heavy atom. The van der Waals surface area contributed by atoms with Crippen LogP contribution in [0.5, 0.6) is 0 Å². The molecule has 7 heteroatoms. The van der Waals surface area contributed by atoms with Crippen molar-refractivity contribution in [3.63, 3.8) is 0 Å². The molecule has 0 radical (unpaired) electrons. The highest BCUT2D eigenvalue weighted by atomic mass is 32.1. The molecule has 0 amide bonds. The second-order valence-corrected chi connectivity index (χ2v) is 3.53. The highest BCUT2D eigenvalue weighted by Crippen LogP contribution is 2.18. The lowest BCUT2D eigenvalue weighted by Gasteiger charge is -2.11. The van der Waals surface area contributed by atoms with Crippen LogP contribution in [0.3, 0.4) is 0 Å². The highest BCUT2D eigenvalue weighted by molar-refractivity contribution is 7.80. The molecule has 0 spiro atoms. The molecule has 1 aromatic rings. The molecule has 0 saturated carbocycles. The monoisotopic (exact) mass is 264 g/mol. The van der Waals surface area contributed by atoms with Crippen LogP contribution in [0.2, 0.25) is 0 Å². The van der Waals surface area contributed by atoms with Crippen LogP contribution in [0.25, 0.3) is 0 Å². The molecule has 3 nitrogen and oxygen atoms in total. The van der Waals surface area contributed by atoms with Gasteiger partial charge in [-0.05, 0) is 12.2 Å². The van der Waals surface area contributed by atoms with E-state index in [0.717, 1.165) is 6.07 Å². The van der Waals surface area contributed by atoms with Crippen LogP contribution < -0.4 is 10.6 Å². The van der Waals surface area contributed by atoms with E-state index < -0.39 is 17.5 Å². The molecule has 94 valence electrons. The van der Waals surface area contributed by atoms with Crippen molar-refractivity contribution in [2.24, 2.45) is 0 Å². The lowest BCUT2D eigenvalue weighted by Crippen LogP contribution is -2.31. The number of methoxy groups -OCH3 is 1. The van der Waals surface area contributed by atoms with Crippen LogP contribution in [0.1, 0.15) is 0 Å². The Morgan fingerprint density at radius 2 is 2.06 bits per heavy atom. The summed E-state index contributed by atoms with van der Waals surface area (Å²) < 4.78 is 43.7. The van der Waals surface area contributed by atoms with Crippen molar-refractivity contribution in [1.82, 2.24) is 5.32 Å². The van der Waals surface area contributed by atoms with Crippen LogP contribution in [0, 0.1) is 17.5 Å². The first-order valence-corrected chi connectivity index (χ1v) is 5.13. The van der Waals surface area contributed by atoms with Gasteiger partial charge in [0.15, 0.2) is 16.7 Å². The zero-order chi connectivity index (χ0) is 12.8. The van der Waals surface area contributed by atoms with Crippen molar-refractivity contribution < 1.29 is 17.9 Å². The highest BCUT2D eigenvalue weighted by Gasteiger charge is 2.11. The summed E-state index contributed by atoms with van der Waals surface area (Å²) in [5, 5.41) is 5.10. The van der Waals surface area contributed by atoms with E-state index in [1.807, 2.05) is 0 Å². The normalized spacial score (nSPS) is 10.1. The van der Waals surface area contributed by atoms with Gasteiger partial charge in [-0.2, -0.15) is 0 Å². The molecule has 0 aromatic heterocycles. The molecular weight excluding hydrogens is 253 g/mol. The maximum Gasteiger partial charge on any atom is 0.182 e. The van der Waals surface area contributed by atoms with Gasteiger partial charge in [0.05, 0.1) is 12.3 Å². The first-order chi connectivity index (χ1) is 8.04. The number of ether oxygens (including phenoxy) is 1. The Hall–Kier alpha value is -1.34. The van der Waals surface area contributed by atoms with Crippen LogP contribution >= 0.6 is 12.2 Å². The molecule has 1 rings (SSSR count). The van der Waals surface area contributed by atoms with Gasteiger partial charge in [-0.25, -0.2) is 13.2 Å². The lowest BCUT2D eigenvalue weighted by molar-refractivity contribution is 0.204. The van der Waals surface area contributed by atoms with Crippen LogP contribution in [-0.2, 0) is 4.74 Å². The summed E-state index contributed by atoms with van der Waals surface area (Å²) >= 11 is 4.81. The van der Waals surface area contributed by atoms with Crippen LogP contribution in [0.15, 0.2) is 12.1 Å². The summed E-state index contributed by atoms with van der Waals surface area (Å²) in [4.78, 5) is 0. The maximum absolute atomic E-state index is 13.2. The molecule has 0 saturated heterocycles. The second-order valence-electron chi connectivity index (χ2n) is 3.12. The van der Waals surface area contributed by atoms with Gasteiger partial charge in [-0.1, -0.05) is 0 Å². The average Bonchev–Trinajstić information content (AvgIpc) is 2.25. The summed E-state index contributed by atoms with van der Waals surface area (Å²) in [7, 11) is 1.51. The minimum Gasteiger partial charge on any atom is -0.383 e. The van der Waals surface area contributed by atoms with Gasteiger partial charge in [0.1, 0.15) is 5.82 Å². The third-order valence-corrected chi connectivity index (χ3v) is 2.08. The third-order valence-electron chi connectivity index (χ3n) is 1.83. The number of thiocarbonyl (C=S) groups is 1. The average molecular weight is 264 g/mol. The van der Waals surface area contributed by atoms with E-state index in [2.05, 4.69) is 10.6 Å². The van der Waals surface area contributed by atoms with E-state index in [4.69, 9.17) is 17.0 Å². The number of hydrogen-bond acceptors (Lipinski definition) is 2. The number of rotatable bonds is 4. The molecule has 0 atom stereocenters. The van der Waals surface area contributed by atoms with Crippen LogP contribution in [-0.4, -0.2) is 25.4 Å². The first kappa shape index (κ1) is 13.7. The van der Waals surface area contributed by atoms with Crippen LogP contribution in [0.4, 0.5) is 18.9 Å². The van der Waals surface area contributed by atoms with Gasteiger partial charge in [0.2, 0.25) is 0 Å². The second kappa shape index (κ2) is 6.41. The van der Waals surface area contributed by atoms with Gasteiger partial charge >= 0.3 is 0 Å². The zero-order valence-electron chi connectivity index (χ0n) is 9.02. The predicted octanol–water partition coefficient (Wildman–Crippen LogP) is 2.04. The molecule has 0 aliphatic carbocycles. The standard InChI is InChI=1S/C10H11F3N2OS/c1-16-3-2-14-10(17)15-8-5-6(11)4-7(12)9(8)13/h4-5H,2-3H2,1H3,(H2,14,15,17). The minimum absolute atomic E-state index is 0.0611. The molecule has 0 heterocycles. The van der Waals surface area contributed by atoms with Crippen molar-refractivity contribution in [3.05, 3.63) is 29.6 Å². The van der Waals surface area contributed by atoms with Crippen molar-refractivity contribution >= 4 is 23.0 Å². The van der Waals surface area contributed by atoms with Crippen molar-refractivity contribution in [3.8, 4) is 0 Å². The quantitative estimate of drug-likeness (QED) is 0.495. The smallest absolute Gasteiger partial charge is 0.182 e. The Labute approximate surface area is 102 Å². The van der Waals surface area contributed by atoms with Gasteiger partial charge in [-0.15, -0.1) is 0 Å². The Kier molecular flexibility index (Phi) is 5.17. The van der Waals surface area contributed by atoms with Gasteiger partial charge in [0.25, 0.3) is 0 Å². The van der Waals surface area contributed by atoms with E-state index in [1.165, 1.54) is 7.11 Å². The molecule has 17 heavy (non-hydrogen) atoms. The Balaban J connectivity index is 2.65. The number of hydrogen-bond donors (Lipinski definition) is 2. The number of nitrogens with one attached hydrogen (secondary N) is 2. The summed E-state index contributed by atoms with van der Waals surface area (Å²) in [6, 6.07) is 1.28. The fraction of sp³-hybridized carbons (Fsp3) is 0.300. The van der Waals surface area contributed by atoms with E-state index >= 15 is 0 Å². The molecule has 1 aromatic carbocycles. The molecule has 0 fully saturated rings. The van der Waals surface area contributed by atoms with E-state index in [-0.39, 0.29) is 10.8 Å². The van der Waals surface area contributed by atoms with E-state index in [1.54, 1.807) is 0 Å². The Bertz CT molecular complexity index is 415. The third kappa shape index (κ3) is 4.20. The summed E-state index contributed by atoms with van der Waals surface area (Å²) in [6.45, 7) is 0.809. The van der Waals surface area contributed by atoms with Gasteiger partial charge < -0.3 is 15.4 Å². The number of benzene rings is 1. The molecule has 0 aliphatic rings. The number of halogens is 3. The lowest BCUT2D eigenvalue weighted by atomic mass is 10.3. The molecule has 0 aliphatic heterocycles. The van der Waals surface area contributed by atoms with Gasteiger partial charge in [0, 0.05) is 25.8 Å². The van der Waals surface area contributed by atoms with Crippen molar-refractivity contribution in [2.75, 3.05) is 25.6 Å². The topological polar surface area (TPSA) is 33.3 Å². The first-order valence-electron chi connectivity index (χ1n) is 4.73. The van der Waals surface area contributed by atoms with Crippen molar-refractivity contribution in [1.29, 1.82) is 0 Å². The SMILES string of the molecule is COCCNC(=S)Nc1cc(F)cc(F)c1F. The van der Waals surface area contributed by atoms with E-state index in [0.29, 0.717) is 19.2 Å². The number of anilines is 1. The fourth-order valence-electron chi connectivity index (χ4n) is 1.08. The summed E-state index contributed by atoms with van der Waals surface area (Å²) in [6.07, 6.45) is 0. The largest absolute Gasteiger partial charge is 0.383 e.